The number of carbonyl (C=O) groups is 1. The van der Waals surface area contributed by atoms with Gasteiger partial charge in [-0.25, -0.2) is 4.79 Å². The predicted molar refractivity (Wildman–Crippen MR) is 99.8 cm³/mol. The monoisotopic (exact) mass is 434 g/mol. The number of halogens is 3. The van der Waals surface area contributed by atoms with Crippen LogP contribution in [0.1, 0.15) is 36.3 Å². The van der Waals surface area contributed by atoms with Gasteiger partial charge in [-0.3, -0.25) is 4.90 Å². The van der Waals surface area contributed by atoms with Gasteiger partial charge in [0.2, 0.25) is 0 Å². The number of fused-ring (bicyclic) bond motifs is 1. The third kappa shape index (κ3) is 5.33. The van der Waals surface area contributed by atoms with E-state index in [0.29, 0.717) is 5.92 Å². The van der Waals surface area contributed by atoms with Crippen molar-refractivity contribution >= 4 is 5.97 Å². The number of ether oxygens (including phenoxy) is 2. The summed E-state index contributed by atoms with van der Waals surface area (Å²) < 4.78 is 49.0. The number of aliphatic carboxylic acids is 1. The first-order valence-corrected chi connectivity index (χ1v) is 10.2. The Morgan fingerprint density at radius 3 is 2.60 bits per heavy atom. The van der Waals surface area contributed by atoms with E-state index in [4.69, 9.17) is 23.9 Å². The molecule has 0 amide bonds. The van der Waals surface area contributed by atoms with Crippen LogP contribution in [-0.2, 0) is 20.8 Å². The van der Waals surface area contributed by atoms with E-state index in [1.807, 2.05) is 13.8 Å². The zero-order valence-corrected chi connectivity index (χ0v) is 17.3. The molecule has 1 aliphatic carbocycles. The lowest BCUT2D eigenvalue weighted by molar-refractivity contribution is -0.192. The minimum absolute atomic E-state index is 0.197. The van der Waals surface area contributed by atoms with Crippen molar-refractivity contribution in [1.29, 1.82) is 0 Å². The molecule has 3 aliphatic rings. The van der Waals surface area contributed by atoms with E-state index in [1.54, 1.807) is 0 Å². The molecule has 1 aromatic heterocycles. The number of hydrogen-bond donors (Lipinski definition) is 1. The number of aryl methyl sites for hydroxylation is 2. The molecule has 4 rings (SSSR count). The van der Waals surface area contributed by atoms with E-state index < -0.39 is 12.1 Å². The number of carboxylic acid groups (broad SMARTS) is 1. The summed E-state index contributed by atoms with van der Waals surface area (Å²) in [6.45, 7) is 10.7. The fourth-order valence-electron chi connectivity index (χ4n) is 4.31. The molecular formula is C20H29F3N2O5. The van der Waals surface area contributed by atoms with E-state index >= 15 is 0 Å². The molecule has 0 unspecified atom stereocenters. The summed E-state index contributed by atoms with van der Waals surface area (Å²) in [6, 6.07) is 0. The minimum atomic E-state index is -5.08. The Kier molecular flexibility index (Phi) is 7.09. The van der Waals surface area contributed by atoms with Crippen molar-refractivity contribution in [3.05, 3.63) is 17.0 Å². The highest BCUT2D eigenvalue weighted by Gasteiger charge is 2.51. The second-order valence-electron chi connectivity index (χ2n) is 8.66. The largest absolute Gasteiger partial charge is 0.490 e. The molecule has 7 nitrogen and oxygen atoms in total. The molecule has 3 fully saturated rings. The number of carboxylic acids is 1. The molecule has 0 radical (unpaired) electrons. The fourth-order valence-corrected chi connectivity index (χ4v) is 4.31. The quantitative estimate of drug-likeness (QED) is 0.736. The summed E-state index contributed by atoms with van der Waals surface area (Å²) in [4.78, 5) is 11.4. The fraction of sp³-hybridized carbons (Fsp3) is 0.800. The van der Waals surface area contributed by atoms with Gasteiger partial charge < -0.3 is 19.1 Å². The molecule has 2 atom stereocenters. The first-order valence-electron chi connectivity index (χ1n) is 10.2. The summed E-state index contributed by atoms with van der Waals surface area (Å²) in [7, 11) is 0. The van der Waals surface area contributed by atoms with Crippen LogP contribution in [-0.4, -0.2) is 66.8 Å². The summed E-state index contributed by atoms with van der Waals surface area (Å²) >= 11 is 0. The maximum absolute atomic E-state index is 10.6. The summed E-state index contributed by atoms with van der Waals surface area (Å²) in [5.74, 6) is -0.394. The molecule has 0 bridgehead atoms. The van der Waals surface area contributed by atoms with E-state index in [0.717, 1.165) is 63.4 Å². The molecule has 1 saturated carbocycles. The molecule has 0 spiro atoms. The Bertz CT molecular complexity index is 715. The van der Waals surface area contributed by atoms with Gasteiger partial charge >= 0.3 is 12.1 Å². The zero-order valence-electron chi connectivity index (χ0n) is 17.3. The lowest BCUT2D eigenvalue weighted by Gasteiger charge is -2.30. The van der Waals surface area contributed by atoms with Crippen LogP contribution >= 0.6 is 0 Å². The van der Waals surface area contributed by atoms with Gasteiger partial charge in [0.05, 0.1) is 25.5 Å². The molecule has 0 aromatic carbocycles. The average molecular weight is 434 g/mol. The molecule has 1 N–H and O–H groups in total. The van der Waals surface area contributed by atoms with Crippen LogP contribution in [0.5, 0.6) is 0 Å². The van der Waals surface area contributed by atoms with E-state index in [-0.39, 0.29) is 5.41 Å². The van der Waals surface area contributed by atoms with Gasteiger partial charge in [0.25, 0.3) is 0 Å². The van der Waals surface area contributed by atoms with E-state index in [1.165, 1.54) is 24.8 Å². The summed E-state index contributed by atoms with van der Waals surface area (Å²) in [6.07, 6.45) is -0.994. The lowest BCUT2D eigenvalue weighted by Crippen LogP contribution is -2.36. The molecular weight excluding hydrogens is 405 g/mol. The van der Waals surface area contributed by atoms with Gasteiger partial charge in [-0.05, 0) is 32.6 Å². The average Bonchev–Trinajstić information content (AvgIpc) is 3.25. The standard InChI is InChI=1S/C18H28N2O3.C2HF3O2/c1-13-17(14(2)23-19-13)7-20-6-16-9-22-12-18(16,10-20)11-21-8-15-4-3-5-15;3-2(4,5)1(6)7/h15-16H,3-12H2,1-2H3;(H,6,7)/t16-,18-;/m1./s1. The van der Waals surface area contributed by atoms with Gasteiger partial charge in [0.15, 0.2) is 0 Å². The second-order valence-corrected chi connectivity index (χ2v) is 8.66. The van der Waals surface area contributed by atoms with Gasteiger partial charge in [-0.2, -0.15) is 13.2 Å². The third-order valence-electron chi connectivity index (χ3n) is 6.36. The minimum Gasteiger partial charge on any atom is -0.475 e. The number of hydrogen-bond acceptors (Lipinski definition) is 6. The maximum atomic E-state index is 10.6. The van der Waals surface area contributed by atoms with Gasteiger partial charge in [-0.15, -0.1) is 0 Å². The molecule has 3 heterocycles. The Labute approximate surface area is 173 Å². The second kappa shape index (κ2) is 9.23. The highest BCUT2D eigenvalue weighted by atomic mass is 19.4. The van der Waals surface area contributed by atoms with Crippen molar-refractivity contribution in [2.45, 2.75) is 45.8 Å². The Morgan fingerprint density at radius 2 is 2.07 bits per heavy atom. The normalized spacial score (nSPS) is 26.8. The first-order chi connectivity index (χ1) is 14.1. The van der Waals surface area contributed by atoms with E-state index in [2.05, 4.69) is 10.1 Å². The smallest absolute Gasteiger partial charge is 0.475 e. The molecule has 2 saturated heterocycles. The van der Waals surface area contributed by atoms with Gasteiger partial charge in [-0.1, -0.05) is 11.6 Å². The van der Waals surface area contributed by atoms with Crippen LogP contribution in [0.2, 0.25) is 0 Å². The molecule has 30 heavy (non-hydrogen) atoms. The van der Waals surface area contributed by atoms with Crippen molar-refractivity contribution < 1.29 is 37.1 Å². The van der Waals surface area contributed by atoms with Crippen molar-refractivity contribution in [3.63, 3.8) is 0 Å². The molecule has 2 aliphatic heterocycles. The van der Waals surface area contributed by atoms with Crippen molar-refractivity contribution in [3.8, 4) is 0 Å². The number of aromatic nitrogens is 1. The molecule has 10 heteroatoms. The number of likely N-dealkylation sites (tertiary alicyclic amines) is 1. The highest BCUT2D eigenvalue weighted by molar-refractivity contribution is 5.73. The molecule has 170 valence electrons. The Morgan fingerprint density at radius 1 is 1.37 bits per heavy atom. The Balaban J connectivity index is 0.000000318. The van der Waals surface area contributed by atoms with Gasteiger partial charge in [0.1, 0.15) is 5.76 Å². The number of alkyl halides is 3. The SMILES string of the molecule is Cc1noc(C)c1CN1C[C@@H]2COC[C@]2(COCC2CCC2)C1.O=C(O)C(F)(F)F. The predicted octanol–water partition coefficient (Wildman–Crippen LogP) is 3.19. The van der Waals surface area contributed by atoms with Crippen LogP contribution < -0.4 is 0 Å². The van der Waals surface area contributed by atoms with Gasteiger partial charge in [0, 0.05) is 43.1 Å². The highest BCUT2D eigenvalue weighted by Crippen LogP contribution is 2.42. The topological polar surface area (TPSA) is 85.0 Å². The summed E-state index contributed by atoms with van der Waals surface area (Å²) in [5.41, 5.74) is 2.46. The lowest BCUT2D eigenvalue weighted by atomic mass is 9.81. The van der Waals surface area contributed by atoms with Crippen LogP contribution in [0.4, 0.5) is 13.2 Å². The summed E-state index contributed by atoms with van der Waals surface area (Å²) in [5, 5.41) is 11.2. The van der Waals surface area contributed by atoms with Crippen LogP contribution in [0.25, 0.3) is 0 Å². The molecule has 1 aromatic rings. The number of rotatable bonds is 6. The van der Waals surface area contributed by atoms with Crippen molar-refractivity contribution in [2.24, 2.45) is 17.3 Å². The van der Waals surface area contributed by atoms with Crippen LogP contribution in [0, 0.1) is 31.1 Å². The number of nitrogens with zero attached hydrogens (tertiary/aromatic N) is 2. The zero-order chi connectivity index (χ0) is 21.9. The maximum Gasteiger partial charge on any atom is 0.490 e. The van der Waals surface area contributed by atoms with Crippen molar-refractivity contribution in [2.75, 3.05) is 39.5 Å². The first kappa shape index (κ1) is 23.0. The van der Waals surface area contributed by atoms with E-state index in [9.17, 15) is 13.2 Å². The Hall–Kier alpha value is -1.65. The van der Waals surface area contributed by atoms with Crippen LogP contribution in [0.3, 0.4) is 0 Å². The van der Waals surface area contributed by atoms with Crippen molar-refractivity contribution in [1.82, 2.24) is 10.1 Å². The third-order valence-corrected chi connectivity index (χ3v) is 6.36. The van der Waals surface area contributed by atoms with Crippen LogP contribution in [0.15, 0.2) is 4.52 Å².